The standard InChI is InChI=1S/C19H23NO2S/c1-3-16-10-12-17(13-11-16)23(21,22)20-14-6-9-19(20)18-8-5-4-7-15(18)2/h4-5,7-8,10-13,19H,3,6,9,14H2,1-2H3/t19-/m1/s1. The number of benzene rings is 2. The molecule has 0 unspecified atom stereocenters. The summed E-state index contributed by atoms with van der Waals surface area (Å²) in [6, 6.07) is 15.3. The summed E-state index contributed by atoms with van der Waals surface area (Å²) >= 11 is 0. The van der Waals surface area contributed by atoms with Crippen molar-refractivity contribution < 1.29 is 8.42 Å². The Morgan fingerprint density at radius 3 is 2.43 bits per heavy atom. The summed E-state index contributed by atoms with van der Waals surface area (Å²) in [4.78, 5) is 0.398. The highest BCUT2D eigenvalue weighted by Crippen LogP contribution is 2.37. The maximum atomic E-state index is 13.1. The van der Waals surface area contributed by atoms with Crippen LogP contribution >= 0.6 is 0 Å². The number of hydrogen-bond donors (Lipinski definition) is 0. The van der Waals surface area contributed by atoms with E-state index in [-0.39, 0.29) is 6.04 Å². The Morgan fingerprint density at radius 2 is 1.78 bits per heavy atom. The fourth-order valence-corrected chi connectivity index (χ4v) is 5.01. The van der Waals surface area contributed by atoms with Crippen LogP contribution in [0.3, 0.4) is 0 Å². The van der Waals surface area contributed by atoms with Gasteiger partial charge in [0.25, 0.3) is 0 Å². The fraction of sp³-hybridized carbons (Fsp3) is 0.368. The van der Waals surface area contributed by atoms with Crippen LogP contribution in [0.15, 0.2) is 53.4 Å². The molecule has 0 amide bonds. The van der Waals surface area contributed by atoms with E-state index in [4.69, 9.17) is 0 Å². The van der Waals surface area contributed by atoms with Gasteiger partial charge < -0.3 is 0 Å². The van der Waals surface area contributed by atoms with Crippen molar-refractivity contribution in [3.05, 3.63) is 65.2 Å². The molecule has 122 valence electrons. The molecule has 1 fully saturated rings. The van der Waals surface area contributed by atoms with E-state index in [1.54, 1.807) is 16.4 Å². The molecule has 1 atom stereocenters. The molecule has 0 radical (unpaired) electrons. The van der Waals surface area contributed by atoms with Gasteiger partial charge in [0.1, 0.15) is 0 Å². The van der Waals surface area contributed by atoms with E-state index >= 15 is 0 Å². The monoisotopic (exact) mass is 329 g/mol. The predicted molar refractivity (Wildman–Crippen MR) is 92.9 cm³/mol. The van der Waals surface area contributed by atoms with Crippen LogP contribution in [0.2, 0.25) is 0 Å². The maximum absolute atomic E-state index is 13.1. The van der Waals surface area contributed by atoms with Crippen LogP contribution in [-0.4, -0.2) is 19.3 Å². The Balaban J connectivity index is 1.96. The van der Waals surface area contributed by atoms with Crippen LogP contribution in [0.25, 0.3) is 0 Å². The molecular formula is C19H23NO2S. The molecule has 23 heavy (non-hydrogen) atoms. The SMILES string of the molecule is CCc1ccc(S(=O)(=O)N2CCC[C@@H]2c2ccccc2C)cc1. The van der Waals surface area contributed by atoms with Crippen LogP contribution in [0.1, 0.15) is 42.5 Å². The molecule has 0 aromatic heterocycles. The van der Waals surface area contributed by atoms with E-state index < -0.39 is 10.0 Å². The van der Waals surface area contributed by atoms with Crippen LogP contribution in [-0.2, 0) is 16.4 Å². The minimum Gasteiger partial charge on any atom is -0.207 e. The van der Waals surface area contributed by atoms with Crippen molar-refractivity contribution in [1.29, 1.82) is 0 Å². The summed E-state index contributed by atoms with van der Waals surface area (Å²) in [5.41, 5.74) is 3.43. The number of sulfonamides is 1. The molecule has 4 heteroatoms. The Labute approximate surface area is 139 Å². The van der Waals surface area contributed by atoms with Gasteiger partial charge in [-0.25, -0.2) is 8.42 Å². The minimum absolute atomic E-state index is 0.0490. The summed E-state index contributed by atoms with van der Waals surface area (Å²) in [5.74, 6) is 0. The van der Waals surface area contributed by atoms with Crippen molar-refractivity contribution in [2.24, 2.45) is 0 Å². The number of rotatable bonds is 4. The van der Waals surface area contributed by atoms with Gasteiger partial charge >= 0.3 is 0 Å². The van der Waals surface area contributed by atoms with Crippen LogP contribution in [0.4, 0.5) is 0 Å². The van der Waals surface area contributed by atoms with E-state index in [2.05, 4.69) is 19.9 Å². The largest absolute Gasteiger partial charge is 0.243 e. The first kappa shape index (κ1) is 16.2. The highest BCUT2D eigenvalue weighted by atomic mass is 32.2. The average Bonchev–Trinajstić information content (AvgIpc) is 3.05. The summed E-state index contributed by atoms with van der Waals surface area (Å²) in [6.07, 6.45) is 2.71. The van der Waals surface area contributed by atoms with Gasteiger partial charge in [0, 0.05) is 6.54 Å². The summed E-state index contributed by atoms with van der Waals surface area (Å²) in [7, 11) is -3.44. The number of aryl methyl sites for hydroxylation is 2. The summed E-state index contributed by atoms with van der Waals surface area (Å²) in [6.45, 7) is 4.71. The second-order valence-electron chi connectivity index (χ2n) is 6.13. The van der Waals surface area contributed by atoms with E-state index in [1.165, 1.54) is 0 Å². The van der Waals surface area contributed by atoms with Crippen molar-refractivity contribution in [3.63, 3.8) is 0 Å². The molecule has 1 aliphatic heterocycles. The third-order valence-corrected chi connectivity index (χ3v) is 6.61. The summed E-state index contributed by atoms with van der Waals surface area (Å²) in [5, 5.41) is 0. The molecule has 0 spiro atoms. The van der Waals surface area contributed by atoms with Gasteiger partial charge in [-0.15, -0.1) is 0 Å². The Hall–Kier alpha value is -1.65. The molecule has 3 nitrogen and oxygen atoms in total. The molecule has 1 saturated heterocycles. The van der Waals surface area contributed by atoms with Gasteiger partial charge in [-0.1, -0.05) is 43.3 Å². The van der Waals surface area contributed by atoms with E-state index in [0.29, 0.717) is 11.4 Å². The topological polar surface area (TPSA) is 37.4 Å². The van der Waals surface area contributed by atoms with Gasteiger partial charge in [-0.2, -0.15) is 4.31 Å². The molecule has 0 aliphatic carbocycles. The quantitative estimate of drug-likeness (QED) is 0.847. The molecule has 2 aromatic carbocycles. The van der Waals surface area contributed by atoms with Gasteiger partial charge in [0.05, 0.1) is 10.9 Å². The highest BCUT2D eigenvalue weighted by molar-refractivity contribution is 7.89. The van der Waals surface area contributed by atoms with Crippen LogP contribution in [0.5, 0.6) is 0 Å². The maximum Gasteiger partial charge on any atom is 0.243 e. The average molecular weight is 329 g/mol. The summed E-state index contributed by atoms with van der Waals surface area (Å²) < 4.78 is 27.8. The fourth-order valence-electron chi connectivity index (χ4n) is 3.33. The van der Waals surface area contributed by atoms with Gasteiger partial charge in [-0.3, -0.25) is 0 Å². The first-order chi connectivity index (χ1) is 11.0. The zero-order chi connectivity index (χ0) is 16.4. The molecule has 0 saturated carbocycles. The van der Waals surface area contributed by atoms with Crippen molar-refractivity contribution in [2.45, 2.75) is 44.0 Å². The Bertz CT molecular complexity index is 781. The number of nitrogens with zero attached hydrogens (tertiary/aromatic N) is 1. The van der Waals surface area contributed by atoms with Crippen molar-refractivity contribution >= 4 is 10.0 Å². The molecule has 2 aromatic rings. The van der Waals surface area contributed by atoms with Crippen LogP contribution in [0, 0.1) is 6.92 Å². The normalized spacial score (nSPS) is 19.1. The van der Waals surface area contributed by atoms with E-state index in [9.17, 15) is 8.42 Å². The lowest BCUT2D eigenvalue weighted by molar-refractivity contribution is 0.395. The van der Waals surface area contributed by atoms with Crippen LogP contribution < -0.4 is 0 Å². The lowest BCUT2D eigenvalue weighted by Gasteiger charge is -2.25. The zero-order valence-electron chi connectivity index (χ0n) is 13.7. The van der Waals surface area contributed by atoms with Crippen molar-refractivity contribution in [1.82, 2.24) is 4.31 Å². The predicted octanol–water partition coefficient (Wildman–Crippen LogP) is 4.08. The first-order valence-corrected chi connectivity index (χ1v) is 9.64. The van der Waals surface area contributed by atoms with Gasteiger partial charge in [-0.05, 0) is 55.0 Å². The molecular weight excluding hydrogens is 306 g/mol. The first-order valence-electron chi connectivity index (χ1n) is 8.20. The lowest BCUT2D eigenvalue weighted by Crippen LogP contribution is -2.31. The second-order valence-corrected chi connectivity index (χ2v) is 8.02. The smallest absolute Gasteiger partial charge is 0.207 e. The van der Waals surface area contributed by atoms with E-state index in [0.717, 1.165) is 36.0 Å². The third kappa shape index (κ3) is 3.06. The van der Waals surface area contributed by atoms with Crippen molar-refractivity contribution in [2.75, 3.05) is 6.54 Å². The second kappa shape index (κ2) is 6.46. The number of hydrogen-bond acceptors (Lipinski definition) is 2. The zero-order valence-corrected chi connectivity index (χ0v) is 14.5. The molecule has 1 aliphatic rings. The highest BCUT2D eigenvalue weighted by Gasteiger charge is 2.36. The molecule has 3 rings (SSSR count). The Morgan fingerprint density at radius 1 is 1.09 bits per heavy atom. The minimum atomic E-state index is -3.44. The molecule has 0 bridgehead atoms. The Kier molecular flexibility index (Phi) is 4.55. The van der Waals surface area contributed by atoms with Gasteiger partial charge in [0.2, 0.25) is 10.0 Å². The lowest BCUT2D eigenvalue weighted by atomic mass is 10.0. The molecule has 1 heterocycles. The van der Waals surface area contributed by atoms with Crippen molar-refractivity contribution in [3.8, 4) is 0 Å². The van der Waals surface area contributed by atoms with E-state index in [1.807, 2.05) is 30.3 Å². The molecule has 0 N–H and O–H groups in total. The third-order valence-electron chi connectivity index (χ3n) is 4.69. The van der Waals surface area contributed by atoms with Gasteiger partial charge in [0.15, 0.2) is 0 Å².